The van der Waals surface area contributed by atoms with E-state index in [1.165, 1.54) is 23.1 Å². The van der Waals surface area contributed by atoms with E-state index in [2.05, 4.69) is 5.32 Å². The molecule has 2 aromatic rings. The summed E-state index contributed by atoms with van der Waals surface area (Å²) in [7, 11) is 0. The maximum Gasteiger partial charge on any atom is 0.341 e. The predicted octanol–water partition coefficient (Wildman–Crippen LogP) is 2.02. The van der Waals surface area contributed by atoms with Gasteiger partial charge in [0, 0.05) is 30.8 Å². The van der Waals surface area contributed by atoms with Crippen molar-refractivity contribution in [3.8, 4) is 21.9 Å². The van der Waals surface area contributed by atoms with Gasteiger partial charge in [0.25, 0.3) is 0 Å². The van der Waals surface area contributed by atoms with Crippen molar-refractivity contribution in [1.82, 2.24) is 4.90 Å². The van der Waals surface area contributed by atoms with Crippen LogP contribution < -0.4 is 16.8 Å². The largest absolute Gasteiger partial charge is 0.504 e. The highest BCUT2D eigenvalue weighted by Crippen LogP contribution is 2.39. The van der Waals surface area contributed by atoms with Gasteiger partial charge in [-0.3, -0.25) is 5.32 Å². The molecule has 0 aliphatic carbocycles. The van der Waals surface area contributed by atoms with E-state index in [1.54, 1.807) is 6.07 Å². The van der Waals surface area contributed by atoms with Gasteiger partial charge in [-0.25, -0.2) is 14.4 Å². The van der Waals surface area contributed by atoms with Gasteiger partial charge in [0.1, 0.15) is 11.1 Å². The fourth-order valence-corrected chi connectivity index (χ4v) is 4.02. The monoisotopic (exact) mass is 420 g/mol. The van der Waals surface area contributed by atoms with Crippen molar-refractivity contribution in [3.05, 3.63) is 29.8 Å². The van der Waals surface area contributed by atoms with Gasteiger partial charge in [0.2, 0.25) is 0 Å². The van der Waals surface area contributed by atoms with Crippen LogP contribution in [0.2, 0.25) is 0 Å². The Balaban J connectivity index is 1.80. The number of urea groups is 2. The van der Waals surface area contributed by atoms with Crippen molar-refractivity contribution < 1.29 is 29.3 Å². The summed E-state index contributed by atoms with van der Waals surface area (Å²) in [6, 6.07) is 4.38. The van der Waals surface area contributed by atoms with Crippen molar-refractivity contribution in [3.63, 3.8) is 0 Å². The van der Waals surface area contributed by atoms with Crippen LogP contribution in [0, 0.1) is 0 Å². The Morgan fingerprint density at radius 3 is 2.38 bits per heavy atom. The van der Waals surface area contributed by atoms with Crippen LogP contribution in [-0.2, 0) is 4.74 Å². The lowest BCUT2D eigenvalue weighted by Crippen LogP contribution is -2.44. The van der Waals surface area contributed by atoms with E-state index < -0.39 is 18.0 Å². The molecule has 1 fully saturated rings. The summed E-state index contributed by atoms with van der Waals surface area (Å²) in [4.78, 5) is 37.2. The Kier molecular flexibility index (Phi) is 5.78. The number of carbonyl (C=O) groups is 3. The molecule has 154 valence electrons. The summed E-state index contributed by atoms with van der Waals surface area (Å²) < 4.78 is 5.53. The first-order valence-electron chi connectivity index (χ1n) is 8.72. The van der Waals surface area contributed by atoms with Crippen LogP contribution >= 0.6 is 11.3 Å². The molecule has 1 aromatic heterocycles. The second-order valence-electron chi connectivity index (χ2n) is 6.48. The van der Waals surface area contributed by atoms with Gasteiger partial charge in [-0.2, -0.15) is 0 Å². The van der Waals surface area contributed by atoms with E-state index in [0.717, 1.165) is 11.3 Å². The minimum atomic E-state index is -0.837. The highest BCUT2D eigenvalue weighted by molar-refractivity contribution is 7.20. The van der Waals surface area contributed by atoms with Gasteiger partial charge in [-0.1, -0.05) is 0 Å². The molecule has 1 aliphatic rings. The van der Waals surface area contributed by atoms with E-state index in [0.29, 0.717) is 36.4 Å². The van der Waals surface area contributed by atoms with Gasteiger partial charge >= 0.3 is 18.0 Å². The second-order valence-corrected chi connectivity index (χ2v) is 7.53. The molecule has 0 atom stereocenters. The number of nitrogens with two attached hydrogens (primary N) is 2. The van der Waals surface area contributed by atoms with Crippen molar-refractivity contribution in [2.45, 2.75) is 18.9 Å². The number of aromatic hydroxyl groups is 2. The number of hydrogen-bond donors (Lipinski definition) is 5. The molecule has 2 heterocycles. The summed E-state index contributed by atoms with van der Waals surface area (Å²) in [5, 5.41) is 21.8. The van der Waals surface area contributed by atoms with Crippen molar-refractivity contribution in [2.24, 2.45) is 11.5 Å². The van der Waals surface area contributed by atoms with Crippen LogP contribution in [-0.4, -0.2) is 52.3 Å². The van der Waals surface area contributed by atoms with Crippen LogP contribution in [0.25, 0.3) is 10.4 Å². The number of piperidine rings is 1. The van der Waals surface area contributed by atoms with E-state index in [4.69, 9.17) is 16.2 Å². The third-order valence-electron chi connectivity index (χ3n) is 4.48. The molecule has 11 heteroatoms. The molecule has 1 aromatic carbocycles. The lowest BCUT2D eigenvalue weighted by atomic mass is 10.1. The standard InChI is InChI=1S/C18H20N4O6S/c19-17(26)21-15-11(8-14(29-15)9-1-2-12(23)13(24)7-9)16(25)28-10-3-5-22(6-4-10)18(20)27/h1-2,7-8,10,23-24H,3-6H2,(H2,20,27)(H3,19,21,26). The van der Waals surface area contributed by atoms with Gasteiger partial charge in [-0.15, -0.1) is 11.3 Å². The number of benzene rings is 1. The Bertz CT molecular complexity index is 952. The van der Waals surface area contributed by atoms with E-state index in [-0.39, 0.29) is 28.2 Å². The smallest absolute Gasteiger partial charge is 0.341 e. The average Bonchev–Trinajstić information content (AvgIpc) is 3.07. The van der Waals surface area contributed by atoms with E-state index >= 15 is 0 Å². The van der Waals surface area contributed by atoms with Crippen LogP contribution in [0.3, 0.4) is 0 Å². The molecule has 3 rings (SSSR count). The van der Waals surface area contributed by atoms with Crippen LogP contribution in [0.4, 0.5) is 14.6 Å². The minimum Gasteiger partial charge on any atom is -0.504 e. The van der Waals surface area contributed by atoms with Crippen LogP contribution in [0.5, 0.6) is 11.5 Å². The SMILES string of the molecule is NC(=O)Nc1sc(-c2ccc(O)c(O)c2)cc1C(=O)OC1CCN(C(N)=O)CC1. The third-order valence-corrected chi connectivity index (χ3v) is 5.58. The number of carbonyl (C=O) groups excluding carboxylic acids is 3. The Morgan fingerprint density at radius 2 is 1.79 bits per heavy atom. The van der Waals surface area contributed by atoms with Gasteiger partial charge in [-0.05, 0) is 29.8 Å². The minimum absolute atomic E-state index is 0.119. The number of phenolic OH excluding ortho intramolecular Hbond substituents is 2. The predicted molar refractivity (Wildman–Crippen MR) is 106 cm³/mol. The van der Waals surface area contributed by atoms with E-state index in [9.17, 15) is 24.6 Å². The van der Waals surface area contributed by atoms with Gasteiger partial charge in [0.15, 0.2) is 11.5 Å². The van der Waals surface area contributed by atoms with E-state index in [1.807, 2.05) is 0 Å². The average molecular weight is 420 g/mol. The van der Waals surface area contributed by atoms with Crippen molar-refractivity contribution >= 4 is 34.4 Å². The second kappa shape index (κ2) is 8.27. The van der Waals surface area contributed by atoms with Gasteiger partial charge < -0.3 is 31.3 Å². The number of primary amides is 2. The lowest BCUT2D eigenvalue weighted by molar-refractivity contribution is 0.0157. The quantitative estimate of drug-likeness (QED) is 0.374. The molecule has 0 saturated carbocycles. The zero-order chi connectivity index (χ0) is 21.1. The number of amides is 4. The molecule has 0 bridgehead atoms. The van der Waals surface area contributed by atoms with Gasteiger partial charge in [0.05, 0.1) is 5.56 Å². The molecular weight excluding hydrogens is 400 g/mol. The number of rotatable bonds is 4. The summed E-state index contributed by atoms with van der Waals surface area (Å²) in [6.45, 7) is 0.780. The number of thiophene rings is 1. The maximum absolute atomic E-state index is 12.7. The number of hydrogen-bond acceptors (Lipinski definition) is 7. The van der Waals surface area contributed by atoms with Crippen molar-refractivity contribution in [2.75, 3.05) is 18.4 Å². The molecule has 1 saturated heterocycles. The highest BCUT2D eigenvalue weighted by atomic mass is 32.1. The molecule has 0 radical (unpaired) electrons. The number of esters is 1. The topological polar surface area (TPSA) is 168 Å². The molecule has 10 nitrogen and oxygen atoms in total. The fraction of sp³-hybridized carbons (Fsp3) is 0.278. The summed E-state index contributed by atoms with van der Waals surface area (Å²) in [5.41, 5.74) is 11.1. The summed E-state index contributed by atoms with van der Waals surface area (Å²) >= 11 is 1.08. The zero-order valence-corrected chi connectivity index (χ0v) is 16.1. The summed E-state index contributed by atoms with van der Waals surface area (Å²) in [5.74, 6) is -1.23. The number of nitrogens with zero attached hydrogens (tertiary/aromatic N) is 1. The normalized spacial score (nSPS) is 14.4. The van der Waals surface area contributed by atoms with Crippen LogP contribution in [0.15, 0.2) is 24.3 Å². The first kappa shape index (κ1) is 20.3. The lowest BCUT2D eigenvalue weighted by Gasteiger charge is -2.30. The maximum atomic E-state index is 12.7. The number of likely N-dealkylation sites (tertiary alicyclic amines) is 1. The number of anilines is 1. The molecule has 0 spiro atoms. The first-order valence-corrected chi connectivity index (χ1v) is 9.54. The molecule has 7 N–H and O–H groups in total. The molecule has 1 aliphatic heterocycles. The molecule has 0 unspecified atom stereocenters. The third kappa shape index (κ3) is 4.69. The van der Waals surface area contributed by atoms with Crippen molar-refractivity contribution in [1.29, 1.82) is 0 Å². The molecule has 4 amide bonds. The Morgan fingerprint density at radius 1 is 1.10 bits per heavy atom. The number of ether oxygens (including phenoxy) is 1. The first-order chi connectivity index (χ1) is 13.7. The number of phenols is 2. The summed E-state index contributed by atoms with van der Waals surface area (Å²) in [6.07, 6.45) is 0.521. The molecule has 29 heavy (non-hydrogen) atoms. The fourth-order valence-electron chi connectivity index (χ4n) is 2.98. The molecular formula is C18H20N4O6S. The Labute approximate surface area is 169 Å². The number of nitrogens with one attached hydrogen (secondary N) is 1. The highest BCUT2D eigenvalue weighted by Gasteiger charge is 2.27. The zero-order valence-electron chi connectivity index (χ0n) is 15.3. The Hall–Kier alpha value is -3.47. The van der Waals surface area contributed by atoms with Crippen LogP contribution in [0.1, 0.15) is 23.2 Å².